The summed E-state index contributed by atoms with van der Waals surface area (Å²) in [6.07, 6.45) is -0.164. The van der Waals surface area contributed by atoms with Gasteiger partial charge >= 0.3 is 23.9 Å². The molecule has 8 aromatic carbocycles. The van der Waals surface area contributed by atoms with Crippen LogP contribution in [0.15, 0.2) is 97.1 Å². The summed E-state index contributed by atoms with van der Waals surface area (Å²) in [4.78, 5) is 69.5. The molecule has 145 heavy (non-hydrogen) atoms. The fraction of sp³-hybridized carbons (Fsp3) is 0.597. The maximum atomic E-state index is 17.4. The van der Waals surface area contributed by atoms with E-state index < -0.39 is 166 Å². The maximum Gasteiger partial charge on any atom is 0.313 e. The van der Waals surface area contributed by atoms with Crippen LogP contribution in [0.3, 0.4) is 0 Å². The van der Waals surface area contributed by atoms with Crippen molar-refractivity contribution >= 4 is 23.9 Å². The molecule has 16 nitrogen and oxygen atoms in total. The zero-order valence-electron chi connectivity index (χ0n) is 98.5. The third-order valence-electron chi connectivity index (χ3n) is 28.7. The van der Waals surface area contributed by atoms with Gasteiger partial charge in [0.15, 0.2) is 0 Å². The van der Waals surface area contributed by atoms with Crippen LogP contribution in [0, 0.1) is 5.41 Å². The van der Waals surface area contributed by atoms with E-state index >= 15 is 19.2 Å². The Hall–Kier alpha value is -9.96. The fourth-order valence-electron chi connectivity index (χ4n) is 19.7. The average Bonchev–Trinajstić information content (AvgIpc) is 0.769. The molecule has 0 bridgehead atoms. The summed E-state index contributed by atoms with van der Waals surface area (Å²) >= 11 is 0. The summed E-state index contributed by atoms with van der Waals surface area (Å²) in [5.41, 5.74) is 1.27. The van der Waals surface area contributed by atoms with E-state index in [9.17, 15) is 40.9 Å². The molecule has 0 spiro atoms. The van der Waals surface area contributed by atoms with E-state index in [1.54, 1.807) is 0 Å². The second-order valence-electron chi connectivity index (χ2n) is 59.0. The third kappa shape index (κ3) is 28.6. The Morgan fingerprint density at radius 3 is 0.352 bits per heavy atom. The van der Waals surface area contributed by atoms with Crippen molar-refractivity contribution < 1.29 is 79.0 Å². The first-order valence-electron chi connectivity index (χ1n) is 52.6. The number of benzene rings is 8. The molecule has 8 aromatic rings. The van der Waals surface area contributed by atoms with Crippen molar-refractivity contribution in [2.45, 2.75) is 468 Å². The molecule has 0 aromatic heterocycles. The van der Waals surface area contributed by atoms with E-state index in [1.165, 1.54) is 0 Å². The lowest BCUT2D eigenvalue weighted by Gasteiger charge is -2.35. The van der Waals surface area contributed by atoms with Crippen LogP contribution in [0.2, 0.25) is 0 Å². The predicted octanol–water partition coefficient (Wildman–Crippen LogP) is 30.7. The molecule has 8 rings (SSSR count). The highest BCUT2D eigenvalue weighted by Gasteiger charge is 2.46. The summed E-state index contributed by atoms with van der Waals surface area (Å²) in [5, 5.41) is 101. The van der Waals surface area contributed by atoms with E-state index in [4.69, 9.17) is 18.9 Å². The van der Waals surface area contributed by atoms with Crippen LogP contribution in [-0.2, 0) is 150 Å². The van der Waals surface area contributed by atoms with Gasteiger partial charge in [-0.05, 0) is 246 Å². The highest BCUT2D eigenvalue weighted by molar-refractivity contribution is 5.83. The number of phenolic OH excluding ortho intramolecular Hbond substituents is 8. The first kappa shape index (κ1) is 120. The number of phenols is 8. The molecule has 0 aliphatic rings. The number of esters is 4. The number of carbonyl (C=O) groups is 4. The van der Waals surface area contributed by atoms with Gasteiger partial charge in [0.25, 0.3) is 0 Å². The lowest BCUT2D eigenvalue weighted by atomic mass is 9.75. The molecule has 8 N–H and O–H groups in total. The Balaban J connectivity index is 1.61. The van der Waals surface area contributed by atoms with Crippen LogP contribution in [-0.4, -0.2) is 91.2 Å². The van der Waals surface area contributed by atoms with Crippen LogP contribution in [0.25, 0.3) is 0 Å². The Labute approximate surface area is 874 Å². The van der Waals surface area contributed by atoms with Crippen LogP contribution in [0.1, 0.15) is 490 Å². The van der Waals surface area contributed by atoms with Crippen molar-refractivity contribution in [1.29, 1.82) is 0 Å². The fourth-order valence-corrected chi connectivity index (χ4v) is 19.7. The number of ether oxygens (including phenoxy) is 4. The van der Waals surface area contributed by atoms with Gasteiger partial charge in [-0.3, -0.25) is 19.2 Å². The van der Waals surface area contributed by atoms with Gasteiger partial charge in [0.2, 0.25) is 0 Å². The van der Waals surface area contributed by atoms with Gasteiger partial charge in [-0.25, -0.2) is 0 Å². The largest absolute Gasteiger partial charge is 0.507 e. The van der Waals surface area contributed by atoms with Crippen molar-refractivity contribution in [3.63, 3.8) is 0 Å². The smallest absolute Gasteiger partial charge is 0.313 e. The van der Waals surface area contributed by atoms with Crippen molar-refractivity contribution in [3.8, 4) is 46.0 Å². The first-order valence-corrected chi connectivity index (χ1v) is 52.6. The van der Waals surface area contributed by atoms with E-state index in [-0.39, 0.29) is 71.7 Å². The second kappa shape index (κ2) is 41.2. The molecule has 0 aliphatic carbocycles. The van der Waals surface area contributed by atoms with Crippen molar-refractivity contribution in [3.05, 3.63) is 231 Å². The Morgan fingerprint density at radius 2 is 0.262 bits per heavy atom. The Kier molecular flexibility index (Phi) is 34.1. The molecule has 0 saturated heterocycles. The second-order valence-corrected chi connectivity index (χ2v) is 59.0. The summed E-state index contributed by atoms with van der Waals surface area (Å²) < 4.78 is 29.2. The molecular formula is C129H188O16. The van der Waals surface area contributed by atoms with Gasteiger partial charge in [-0.2, -0.15) is 0 Å². The van der Waals surface area contributed by atoms with E-state index in [1.807, 2.05) is 429 Å². The van der Waals surface area contributed by atoms with Gasteiger partial charge in [0, 0.05) is 0 Å². The molecule has 0 heterocycles. The van der Waals surface area contributed by atoms with Crippen molar-refractivity contribution in [1.82, 2.24) is 0 Å². The zero-order valence-corrected chi connectivity index (χ0v) is 98.5. The molecule has 800 valence electrons. The Morgan fingerprint density at radius 1 is 0.172 bits per heavy atom. The van der Waals surface area contributed by atoms with Gasteiger partial charge in [0.05, 0.1) is 23.7 Å². The number of aromatic hydroxyl groups is 8. The van der Waals surface area contributed by atoms with E-state index in [2.05, 4.69) is 0 Å². The van der Waals surface area contributed by atoms with Gasteiger partial charge in [-0.1, -0.05) is 429 Å². The topological polar surface area (TPSA) is 267 Å². The summed E-state index contributed by atoms with van der Waals surface area (Å²) in [6.45, 7) is 93.3. The third-order valence-corrected chi connectivity index (χ3v) is 28.7. The van der Waals surface area contributed by atoms with Crippen LogP contribution in [0.4, 0.5) is 0 Å². The first-order chi connectivity index (χ1) is 64.9. The SMILES string of the molecule is CC(C)(C)c1cc(CC(C(=O)OCC(COC(=O)C(Cc2cc(C(C)(C)C)c(O)c(C(C)(C)C)c2)c2cc(C(C)(C)C)c(O)c(C(C)(C)C)c2)(COC(=O)C(Cc2cc(C(C)(C)C)c(O)c(C(C)(C)C)c2)c2cc(C(C)(C)C)c(O)c(C(C)(C)C)c2)COC(=O)C(Cc2cc(C(C)(C)C)c(O)c(C(C)(C)C)c2)c2cc(C(C)(C)C)c(O)c(C(C)(C)C)c2)c2cc(C(C)(C)C)c(O)c(C(C)(C)C)c2)cc(C(C)(C)C)c1O. The minimum absolute atomic E-state index is 0.0409. The minimum atomic E-state index is -2.17. The van der Waals surface area contributed by atoms with E-state index in [0.29, 0.717) is 134 Å². The number of hydrogen-bond donors (Lipinski definition) is 8. The maximum absolute atomic E-state index is 17.4. The van der Waals surface area contributed by atoms with E-state index in [0.717, 1.165) is 0 Å². The zero-order chi connectivity index (χ0) is 111. The minimum Gasteiger partial charge on any atom is -0.507 e. The molecule has 0 aliphatic heterocycles. The van der Waals surface area contributed by atoms with Crippen LogP contribution >= 0.6 is 0 Å². The monoisotopic (exact) mass is 1990 g/mol. The molecule has 16 heteroatoms. The highest BCUT2D eigenvalue weighted by atomic mass is 16.6. The highest BCUT2D eigenvalue weighted by Crippen LogP contribution is 2.53. The standard InChI is InChI=1S/C129H188O16/c1-113(2,3)85-53-73(54-86(101(85)130)114(4,5)6)49-81(77-61-93(121(25,26)27)105(134)94(62-77)122(28,29)30)109(138)142-69-129(70-143-110(139)82(78-63-95(123(31,32)33)106(135)96(64-78)124(34,35)36)50-74-55-87(115(7,8)9)102(131)88(56-74)116(10,11)12,71-144-111(140)83(79-65-97(125(37,38)39)107(136)98(66-79)126(40,41)42)51-75-57-89(117(13,14)15)103(132)90(58-75)118(16,17)18)72-145-112(141)84(80-67-99(127(43,44)45)108(137)100(68-80)128(46,47)48)52-76-59-91(119(19,20)21)104(133)92(60-76)120(22,23)24/h53-68,81-84,130-137H,49-52,69-72H2,1-48H3. The van der Waals surface area contributed by atoms with Gasteiger partial charge in [-0.15, -0.1) is 0 Å². The van der Waals surface area contributed by atoms with Gasteiger partial charge in [0.1, 0.15) is 77.8 Å². The number of carbonyl (C=O) groups excluding carboxylic acids is 4. The van der Waals surface area contributed by atoms with Crippen molar-refractivity contribution in [2.24, 2.45) is 5.41 Å². The molecule has 0 fully saturated rings. The quantitative estimate of drug-likeness (QED) is 0.0206. The lowest BCUT2D eigenvalue weighted by Crippen LogP contribution is -2.45. The number of rotatable bonds is 24. The molecule has 0 saturated carbocycles. The number of hydrogen-bond acceptors (Lipinski definition) is 16. The summed E-state index contributed by atoms with van der Waals surface area (Å²) in [6, 6.07) is 30.4. The molecule has 4 unspecified atom stereocenters. The molecule has 0 amide bonds. The van der Waals surface area contributed by atoms with Gasteiger partial charge < -0.3 is 59.8 Å². The summed E-state index contributed by atoms with van der Waals surface area (Å²) in [7, 11) is 0. The predicted molar refractivity (Wildman–Crippen MR) is 596 cm³/mol. The van der Waals surface area contributed by atoms with Crippen molar-refractivity contribution in [2.75, 3.05) is 26.4 Å². The Bertz CT molecular complexity index is 5070. The normalized spacial score (nSPS) is 14.8. The molecule has 0 radical (unpaired) electrons. The lowest BCUT2D eigenvalue weighted by molar-refractivity contribution is -0.172. The molecule has 4 atom stereocenters. The molecular weight excluding hydrogens is 1810 g/mol. The van der Waals surface area contributed by atoms with Crippen LogP contribution in [0.5, 0.6) is 46.0 Å². The average molecular weight is 1990 g/mol. The summed E-state index contributed by atoms with van der Waals surface area (Å²) in [5.74, 6) is -7.50. The van der Waals surface area contributed by atoms with Crippen LogP contribution < -0.4 is 0 Å².